The van der Waals surface area contributed by atoms with Crippen LogP contribution in [0.4, 0.5) is 0 Å². The van der Waals surface area contributed by atoms with Crippen LogP contribution in [0, 0.1) is 6.92 Å². The molecule has 6 nitrogen and oxygen atoms in total. The Balaban J connectivity index is 1.88. The highest BCUT2D eigenvalue weighted by Crippen LogP contribution is 2.29. The molecule has 25 heavy (non-hydrogen) atoms. The minimum absolute atomic E-state index is 0.151. The lowest BCUT2D eigenvalue weighted by Gasteiger charge is -2.11. The summed E-state index contributed by atoms with van der Waals surface area (Å²) in [6, 6.07) is 8.67. The van der Waals surface area contributed by atoms with Crippen LogP contribution >= 0.6 is 34.9 Å². The van der Waals surface area contributed by atoms with Crippen molar-refractivity contribution in [3.63, 3.8) is 0 Å². The second kappa shape index (κ2) is 6.62. The quantitative estimate of drug-likeness (QED) is 0.490. The molecule has 0 amide bonds. The third kappa shape index (κ3) is 3.33. The Labute approximate surface area is 155 Å². The third-order valence-corrected chi connectivity index (χ3v) is 5.54. The second-order valence-electron chi connectivity index (χ2n) is 5.24. The number of benzene rings is 1. The maximum absolute atomic E-state index is 13.0. The Hall–Kier alpha value is -2.16. The molecule has 0 aliphatic carbocycles. The van der Waals surface area contributed by atoms with Gasteiger partial charge in [0.25, 0.3) is 5.56 Å². The third-order valence-electron chi connectivity index (χ3n) is 3.46. The van der Waals surface area contributed by atoms with Crippen LogP contribution < -0.4 is 5.56 Å². The summed E-state index contributed by atoms with van der Waals surface area (Å²) in [6.45, 7) is 2.11. The van der Waals surface area contributed by atoms with Gasteiger partial charge < -0.3 is 4.42 Å². The minimum Gasteiger partial charge on any atom is -0.467 e. The summed E-state index contributed by atoms with van der Waals surface area (Å²) in [6.07, 6.45) is 1.58. The monoisotopic (exact) mass is 390 g/mol. The number of rotatable bonds is 4. The van der Waals surface area contributed by atoms with Crippen molar-refractivity contribution in [2.45, 2.75) is 23.0 Å². The lowest BCUT2D eigenvalue weighted by Crippen LogP contribution is -2.23. The van der Waals surface area contributed by atoms with Crippen molar-refractivity contribution in [3.8, 4) is 0 Å². The molecule has 0 aliphatic heterocycles. The maximum atomic E-state index is 13.0. The van der Waals surface area contributed by atoms with Crippen molar-refractivity contribution in [2.24, 2.45) is 0 Å². The van der Waals surface area contributed by atoms with E-state index in [0.717, 1.165) is 4.34 Å². The first-order chi connectivity index (χ1) is 12.1. The van der Waals surface area contributed by atoms with Crippen LogP contribution in [-0.2, 0) is 6.54 Å². The highest BCUT2D eigenvalue weighted by Gasteiger charge is 2.16. The fourth-order valence-electron chi connectivity index (χ4n) is 2.35. The molecule has 126 valence electrons. The SMILES string of the molecule is Cc1nsc(Sc2nc3cc(Cl)ccc3c(=O)n2Cc2ccco2)n1. The average Bonchev–Trinajstić information content (AvgIpc) is 3.22. The summed E-state index contributed by atoms with van der Waals surface area (Å²) in [5.74, 6) is 1.36. The Morgan fingerprint density at radius 1 is 1.32 bits per heavy atom. The number of hydrogen-bond acceptors (Lipinski definition) is 7. The van der Waals surface area contributed by atoms with Crippen molar-refractivity contribution in [1.29, 1.82) is 0 Å². The van der Waals surface area contributed by atoms with Gasteiger partial charge in [-0.05, 0) is 60.5 Å². The molecule has 0 atom stereocenters. The largest absolute Gasteiger partial charge is 0.467 e. The molecule has 0 N–H and O–H groups in total. The minimum atomic E-state index is -0.151. The lowest BCUT2D eigenvalue weighted by molar-refractivity contribution is 0.476. The summed E-state index contributed by atoms with van der Waals surface area (Å²) >= 11 is 8.63. The van der Waals surface area contributed by atoms with Gasteiger partial charge in [-0.3, -0.25) is 9.36 Å². The molecule has 0 aliphatic rings. The van der Waals surface area contributed by atoms with Crippen LogP contribution in [0.25, 0.3) is 10.9 Å². The van der Waals surface area contributed by atoms with Gasteiger partial charge in [-0.15, -0.1) is 0 Å². The molecular weight excluding hydrogens is 380 g/mol. The molecule has 0 saturated heterocycles. The standard InChI is InChI=1S/C16H11ClN4O2S2/c1-9-18-16(25-20-9)24-15-19-13-7-10(17)4-5-12(13)14(22)21(15)8-11-3-2-6-23-11/h2-7H,8H2,1H3. The van der Waals surface area contributed by atoms with E-state index in [-0.39, 0.29) is 12.1 Å². The van der Waals surface area contributed by atoms with Gasteiger partial charge in [-0.25, -0.2) is 9.97 Å². The number of furan rings is 1. The van der Waals surface area contributed by atoms with Crippen molar-refractivity contribution in [2.75, 3.05) is 0 Å². The zero-order valence-corrected chi connectivity index (χ0v) is 15.4. The lowest BCUT2D eigenvalue weighted by atomic mass is 10.2. The van der Waals surface area contributed by atoms with Crippen LogP contribution in [0.1, 0.15) is 11.6 Å². The fourth-order valence-corrected chi connectivity index (χ4v) is 4.16. The summed E-state index contributed by atoms with van der Waals surface area (Å²) < 4.78 is 11.9. The normalized spacial score (nSPS) is 11.3. The average molecular weight is 391 g/mol. The van der Waals surface area contributed by atoms with Gasteiger partial charge in [0.05, 0.1) is 23.7 Å². The van der Waals surface area contributed by atoms with Crippen molar-refractivity contribution in [1.82, 2.24) is 18.9 Å². The predicted octanol–water partition coefficient (Wildman–Crippen LogP) is 4.00. The Morgan fingerprint density at radius 2 is 2.20 bits per heavy atom. The first kappa shape index (κ1) is 16.3. The van der Waals surface area contributed by atoms with E-state index in [0.29, 0.717) is 32.7 Å². The fraction of sp³-hybridized carbons (Fsp3) is 0.125. The molecule has 9 heteroatoms. The topological polar surface area (TPSA) is 73.8 Å². The summed E-state index contributed by atoms with van der Waals surface area (Å²) in [5, 5.41) is 1.56. The maximum Gasteiger partial charge on any atom is 0.262 e. The predicted molar refractivity (Wildman–Crippen MR) is 97.6 cm³/mol. The smallest absolute Gasteiger partial charge is 0.262 e. The van der Waals surface area contributed by atoms with E-state index >= 15 is 0 Å². The van der Waals surface area contributed by atoms with E-state index in [1.165, 1.54) is 23.3 Å². The number of aromatic nitrogens is 4. The Kier molecular flexibility index (Phi) is 4.32. The van der Waals surface area contributed by atoms with Crippen LogP contribution in [0.5, 0.6) is 0 Å². The molecule has 0 radical (unpaired) electrons. The molecule has 0 fully saturated rings. The van der Waals surface area contributed by atoms with E-state index in [2.05, 4.69) is 14.3 Å². The van der Waals surface area contributed by atoms with E-state index in [9.17, 15) is 4.79 Å². The van der Waals surface area contributed by atoms with Crippen LogP contribution in [-0.4, -0.2) is 18.9 Å². The van der Waals surface area contributed by atoms with Crippen LogP contribution in [0.15, 0.2) is 55.3 Å². The van der Waals surface area contributed by atoms with Gasteiger partial charge in [-0.1, -0.05) is 11.6 Å². The van der Waals surface area contributed by atoms with E-state index in [1.807, 2.05) is 13.0 Å². The number of nitrogens with zero attached hydrogens (tertiary/aromatic N) is 4. The number of hydrogen-bond donors (Lipinski definition) is 0. The van der Waals surface area contributed by atoms with Crippen molar-refractivity contribution < 1.29 is 4.42 Å². The number of fused-ring (bicyclic) bond motifs is 1. The van der Waals surface area contributed by atoms with E-state index < -0.39 is 0 Å². The summed E-state index contributed by atoms with van der Waals surface area (Å²) in [4.78, 5) is 21.9. The van der Waals surface area contributed by atoms with E-state index in [4.69, 9.17) is 16.0 Å². The number of aryl methyl sites for hydroxylation is 1. The first-order valence-corrected chi connectivity index (χ1v) is 9.27. The van der Waals surface area contributed by atoms with E-state index in [1.54, 1.807) is 35.1 Å². The van der Waals surface area contributed by atoms with Crippen LogP contribution in [0.3, 0.4) is 0 Å². The Bertz CT molecular complexity index is 1110. The summed E-state index contributed by atoms with van der Waals surface area (Å²) in [5.41, 5.74) is 0.402. The first-order valence-electron chi connectivity index (χ1n) is 7.31. The molecule has 1 aromatic carbocycles. The number of halogens is 1. The second-order valence-corrected chi connectivity index (χ2v) is 7.64. The molecular formula is C16H11ClN4O2S2. The van der Waals surface area contributed by atoms with Gasteiger partial charge >= 0.3 is 0 Å². The highest BCUT2D eigenvalue weighted by atomic mass is 35.5. The Morgan fingerprint density at radius 3 is 2.92 bits per heavy atom. The molecule has 4 rings (SSSR count). The van der Waals surface area contributed by atoms with Crippen molar-refractivity contribution in [3.05, 3.63) is 63.6 Å². The van der Waals surface area contributed by atoms with Gasteiger partial charge in [-0.2, -0.15) is 4.37 Å². The van der Waals surface area contributed by atoms with Gasteiger partial charge in [0.2, 0.25) is 0 Å². The molecule has 3 aromatic heterocycles. The van der Waals surface area contributed by atoms with Gasteiger partial charge in [0, 0.05) is 5.02 Å². The van der Waals surface area contributed by atoms with Gasteiger partial charge in [0.15, 0.2) is 9.50 Å². The molecule has 3 heterocycles. The molecule has 4 aromatic rings. The zero-order chi connectivity index (χ0) is 17.4. The van der Waals surface area contributed by atoms with Crippen LogP contribution in [0.2, 0.25) is 5.02 Å². The highest BCUT2D eigenvalue weighted by molar-refractivity contribution is 8.00. The zero-order valence-electron chi connectivity index (χ0n) is 13.0. The molecule has 0 spiro atoms. The molecule has 0 saturated carbocycles. The molecule has 0 unspecified atom stereocenters. The van der Waals surface area contributed by atoms with Gasteiger partial charge in [0.1, 0.15) is 11.6 Å². The molecule has 0 bridgehead atoms. The van der Waals surface area contributed by atoms with Crippen molar-refractivity contribution >= 4 is 45.8 Å². The summed E-state index contributed by atoms with van der Waals surface area (Å²) in [7, 11) is 0.